The van der Waals surface area contributed by atoms with E-state index in [1.807, 2.05) is 0 Å². The summed E-state index contributed by atoms with van der Waals surface area (Å²) in [7, 11) is 2.66. The van der Waals surface area contributed by atoms with Gasteiger partial charge in [0.05, 0.1) is 14.2 Å². The highest BCUT2D eigenvalue weighted by atomic mass is 79.9. The maximum atomic E-state index is 11.9. The summed E-state index contributed by atoms with van der Waals surface area (Å²) in [5.41, 5.74) is 2.46. The number of ether oxygens (including phenoxy) is 2. The second-order valence-corrected chi connectivity index (χ2v) is 7.28. The van der Waals surface area contributed by atoms with E-state index in [4.69, 9.17) is 9.47 Å². The fourth-order valence-electron chi connectivity index (χ4n) is 2.61. The van der Waals surface area contributed by atoms with Gasteiger partial charge in [-0.25, -0.2) is 9.59 Å². The number of halogens is 2. The van der Waals surface area contributed by atoms with Gasteiger partial charge in [-0.05, 0) is 36.8 Å². The molecule has 21 heavy (non-hydrogen) atoms. The number of rotatable bonds is 2. The van der Waals surface area contributed by atoms with E-state index in [1.165, 1.54) is 14.2 Å². The molecular formula is C14H17Br2NO4. The molecular weight excluding hydrogens is 406 g/mol. The molecule has 0 saturated carbocycles. The first-order chi connectivity index (χ1) is 9.99. The summed E-state index contributed by atoms with van der Waals surface area (Å²) in [6, 6.07) is 0. The Morgan fingerprint density at radius 3 is 1.67 bits per heavy atom. The van der Waals surface area contributed by atoms with Gasteiger partial charge in [0.2, 0.25) is 0 Å². The van der Waals surface area contributed by atoms with E-state index in [9.17, 15) is 9.59 Å². The number of aromatic amines is 1. The second-order valence-electron chi connectivity index (χ2n) is 4.92. The van der Waals surface area contributed by atoms with Crippen LogP contribution in [0.2, 0.25) is 0 Å². The van der Waals surface area contributed by atoms with Crippen LogP contribution in [0.5, 0.6) is 0 Å². The van der Waals surface area contributed by atoms with E-state index in [-0.39, 0.29) is 0 Å². The Hall–Kier alpha value is -0.820. The number of aromatic nitrogens is 1. The summed E-state index contributed by atoms with van der Waals surface area (Å²) in [6.45, 7) is 0. The predicted molar refractivity (Wildman–Crippen MR) is 85.5 cm³/mol. The molecule has 0 bridgehead atoms. The third-order valence-corrected chi connectivity index (χ3v) is 6.63. The van der Waals surface area contributed by atoms with Crippen molar-refractivity contribution in [3.63, 3.8) is 0 Å². The van der Waals surface area contributed by atoms with E-state index in [2.05, 4.69) is 36.8 Å². The van der Waals surface area contributed by atoms with Gasteiger partial charge < -0.3 is 14.5 Å². The quantitative estimate of drug-likeness (QED) is 0.587. The molecule has 0 spiro atoms. The van der Waals surface area contributed by atoms with Crippen molar-refractivity contribution in [3.8, 4) is 0 Å². The number of alkyl halides is 2. The molecule has 1 aliphatic carbocycles. The lowest BCUT2D eigenvalue weighted by molar-refractivity contribution is 0.0589. The first kappa shape index (κ1) is 16.5. The zero-order valence-corrected chi connectivity index (χ0v) is 15.0. The number of nitrogens with one attached hydrogen (secondary N) is 1. The molecule has 5 nitrogen and oxygen atoms in total. The van der Waals surface area contributed by atoms with Crippen molar-refractivity contribution < 1.29 is 19.1 Å². The van der Waals surface area contributed by atoms with Gasteiger partial charge >= 0.3 is 11.9 Å². The Morgan fingerprint density at radius 2 is 1.33 bits per heavy atom. The Kier molecular flexibility index (Phi) is 5.48. The second kappa shape index (κ2) is 6.96. The summed E-state index contributed by atoms with van der Waals surface area (Å²) in [4.78, 5) is 27.4. The van der Waals surface area contributed by atoms with Crippen LogP contribution in [0.4, 0.5) is 0 Å². The number of hydrogen-bond acceptors (Lipinski definition) is 4. The number of H-pyrrole nitrogens is 1. The number of carbonyl (C=O) groups is 2. The molecule has 0 radical (unpaired) electrons. The monoisotopic (exact) mass is 421 g/mol. The number of methoxy groups -OCH3 is 2. The van der Waals surface area contributed by atoms with Crippen molar-refractivity contribution in [1.29, 1.82) is 0 Å². The Labute approximate surface area is 140 Å². The first-order valence-electron chi connectivity index (χ1n) is 6.68. The normalized spacial score (nSPS) is 21.9. The Bertz CT molecular complexity index is 509. The molecule has 2 unspecified atom stereocenters. The lowest BCUT2D eigenvalue weighted by Crippen LogP contribution is -2.20. The smallest absolute Gasteiger partial charge is 0.354 e. The standard InChI is InChI=1S/C14H17Br2NO4/c1-20-13(18)11-7-3-5-9(15)10(16)6-4-8(7)12(17-11)14(19)21-2/h9-10,17H,3-6H2,1-2H3. The molecule has 1 N–H and O–H groups in total. The van der Waals surface area contributed by atoms with Crippen molar-refractivity contribution >= 4 is 43.8 Å². The van der Waals surface area contributed by atoms with E-state index >= 15 is 0 Å². The lowest BCUT2D eigenvalue weighted by atomic mass is 9.93. The van der Waals surface area contributed by atoms with Crippen LogP contribution in [0.3, 0.4) is 0 Å². The van der Waals surface area contributed by atoms with E-state index in [0.717, 1.165) is 24.0 Å². The highest BCUT2D eigenvalue weighted by molar-refractivity contribution is 9.12. The molecule has 1 aromatic rings. The summed E-state index contributed by atoms with van der Waals surface area (Å²) in [5.74, 6) is -0.910. The van der Waals surface area contributed by atoms with Crippen LogP contribution in [0.15, 0.2) is 0 Å². The van der Waals surface area contributed by atoms with Gasteiger partial charge in [0.25, 0.3) is 0 Å². The molecule has 1 aliphatic rings. The van der Waals surface area contributed by atoms with Gasteiger partial charge in [0.1, 0.15) is 11.4 Å². The highest BCUT2D eigenvalue weighted by Crippen LogP contribution is 2.32. The average molecular weight is 423 g/mol. The van der Waals surface area contributed by atoms with Crippen LogP contribution < -0.4 is 0 Å². The van der Waals surface area contributed by atoms with Crippen molar-refractivity contribution in [2.45, 2.75) is 35.3 Å². The molecule has 2 atom stereocenters. The number of esters is 2. The fraction of sp³-hybridized carbons (Fsp3) is 0.571. The zero-order chi connectivity index (χ0) is 15.6. The summed E-state index contributed by atoms with van der Waals surface area (Å²) < 4.78 is 9.61. The molecule has 0 aromatic carbocycles. The molecule has 116 valence electrons. The van der Waals surface area contributed by atoms with Crippen molar-refractivity contribution in [3.05, 3.63) is 22.5 Å². The zero-order valence-electron chi connectivity index (χ0n) is 11.9. The molecule has 2 rings (SSSR count). The number of hydrogen-bond donors (Lipinski definition) is 1. The first-order valence-corrected chi connectivity index (χ1v) is 8.51. The topological polar surface area (TPSA) is 68.4 Å². The molecule has 0 aliphatic heterocycles. The van der Waals surface area contributed by atoms with Crippen LogP contribution in [0.1, 0.15) is 44.9 Å². The van der Waals surface area contributed by atoms with Crippen LogP contribution in [0.25, 0.3) is 0 Å². The summed E-state index contributed by atoms with van der Waals surface area (Å²) in [6.07, 6.45) is 3.13. The Morgan fingerprint density at radius 1 is 0.952 bits per heavy atom. The molecule has 1 heterocycles. The van der Waals surface area contributed by atoms with Gasteiger partial charge in [-0.2, -0.15) is 0 Å². The molecule has 0 saturated heterocycles. The molecule has 0 fully saturated rings. The fourth-order valence-corrected chi connectivity index (χ4v) is 3.59. The van der Waals surface area contributed by atoms with Gasteiger partial charge in [-0.1, -0.05) is 31.9 Å². The summed E-state index contributed by atoms with van der Waals surface area (Å²) >= 11 is 7.31. The minimum atomic E-state index is -0.455. The Balaban J connectivity index is 2.49. The van der Waals surface area contributed by atoms with Crippen molar-refractivity contribution in [2.24, 2.45) is 0 Å². The van der Waals surface area contributed by atoms with Crippen LogP contribution >= 0.6 is 31.9 Å². The predicted octanol–water partition coefficient (Wildman–Crippen LogP) is 2.99. The van der Waals surface area contributed by atoms with Gasteiger partial charge in [-0.15, -0.1) is 0 Å². The number of fused-ring (bicyclic) bond motifs is 1. The average Bonchev–Trinajstić information content (AvgIpc) is 2.85. The summed E-state index contributed by atoms with van der Waals surface area (Å²) in [5, 5.41) is 0. The van der Waals surface area contributed by atoms with Crippen LogP contribution in [-0.2, 0) is 22.3 Å². The van der Waals surface area contributed by atoms with E-state index < -0.39 is 11.9 Å². The van der Waals surface area contributed by atoms with Gasteiger partial charge in [-0.3, -0.25) is 0 Å². The number of carbonyl (C=O) groups excluding carboxylic acids is 2. The third-order valence-electron chi connectivity index (χ3n) is 3.73. The van der Waals surface area contributed by atoms with E-state index in [0.29, 0.717) is 33.9 Å². The molecule has 0 amide bonds. The molecule has 7 heteroatoms. The SMILES string of the molecule is COC(=O)c1[nH]c(C(=O)OC)c2c1CCC(Br)C(Br)CC2. The lowest BCUT2D eigenvalue weighted by Gasteiger charge is -2.21. The van der Waals surface area contributed by atoms with E-state index in [1.54, 1.807) is 0 Å². The maximum Gasteiger partial charge on any atom is 0.354 e. The van der Waals surface area contributed by atoms with Gasteiger partial charge in [0.15, 0.2) is 0 Å². The van der Waals surface area contributed by atoms with Gasteiger partial charge in [0, 0.05) is 9.65 Å². The maximum absolute atomic E-state index is 11.9. The molecule has 1 aromatic heterocycles. The minimum Gasteiger partial charge on any atom is -0.464 e. The van der Waals surface area contributed by atoms with Crippen molar-refractivity contribution in [1.82, 2.24) is 4.98 Å². The van der Waals surface area contributed by atoms with Crippen LogP contribution in [0, 0.1) is 0 Å². The third kappa shape index (κ3) is 3.34. The minimum absolute atomic E-state index is 0.327. The highest BCUT2D eigenvalue weighted by Gasteiger charge is 2.29. The largest absolute Gasteiger partial charge is 0.464 e. The van der Waals surface area contributed by atoms with Crippen molar-refractivity contribution in [2.75, 3.05) is 14.2 Å². The van der Waals surface area contributed by atoms with Crippen LogP contribution in [-0.4, -0.2) is 40.8 Å².